The number of piperidine rings is 1. The highest BCUT2D eigenvalue weighted by molar-refractivity contribution is 5.93. The average Bonchev–Trinajstić information content (AvgIpc) is 2.82. The number of nitrogens with two attached hydrogens (primary N) is 1. The quantitative estimate of drug-likeness (QED) is 0.258. The third-order valence-electron chi connectivity index (χ3n) is 6.29. The zero-order valence-corrected chi connectivity index (χ0v) is 19.9. The lowest BCUT2D eigenvalue weighted by molar-refractivity contribution is -0.148. The lowest BCUT2D eigenvalue weighted by atomic mass is 9.71. The van der Waals surface area contributed by atoms with Crippen LogP contribution in [0.15, 0.2) is 30.3 Å². The van der Waals surface area contributed by atoms with Crippen molar-refractivity contribution in [1.29, 1.82) is 0 Å². The topological polar surface area (TPSA) is 179 Å². The highest BCUT2D eigenvalue weighted by atomic mass is 16.4. The predicted molar refractivity (Wildman–Crippen MR) is 126 cm³/mol. The summed E-state index contributed by atoms with van der Waals surface area (Å²) in [4.78, 5) is 62.4. The first-order chi connectivity index (χ1) is 16.6. The van der Waals surface area contributed by atoms with Crippen molar-refractivity contribution in [2.75, 3.05) is 19.6 Å². The molecule has 2 rings (SSSR count). The second-order valence-corrected chi connectivity index (χ2v) is 8.77. The van der Waals surface area contributed by atoms with Gasteiger partial charge in [0.1, 0.15) is 12.1 Å². The standard InChI is InChI=1S/C24H34N4O7/c1-16(29)26-18(9-5-6-12-25)21(32)28-13-10-24(11-14-28,17-7-3-2-4-8-17)23(35)27-19(22(33)34)15-20(30)31/h2-4,7-8,18-19H,5-6,9-15,25H2,1H3,(H,26,29)(H,27,35)(H,30,31)(H,33,34)/t18-,19+/m1/s1. The van der Waals surface area contributed by atoms with Crippen molar-refractivity contribution in [3.63, 3.8) is 0 Å². The van der Waals surface area contributed by atoms with Crippen LogP contribution in [-0.2, 0) is 29.4 Å². The number of likely N-dealkylation sites (tertiary alicyclic amines) is 1. The second-order valence-electron chi connectivity index (χ2n) is 8.77. The Hall–Kier alpha value is -3.47. The molecular formula is C24H34N4O7. The van der Waals surface area contributed by atoms with Crippen LogP contribution < -0.4 is 16.4 Å². The zero-order chi connectivity index (χ0) is 26.0. The number of carbonyl (C=O) groups is 5. The van der Waals surface area contributed by atoms with Gasteiger partial charge >= 0.3 is 11.9 Å². The van der Waals surface area contributed by atoms with Crippen LogP contribution in [0.1, 0.15) is 51.0 Å². The van der Waals surface area contributed by atoms with Crippen LogP contribution in [0.5, 0.6) is 0 Å². The second kappa shape index (κ2) is 12.8. The van der Waals surface area contributed by atoms with Crippen molar-refractivity contribution < 1.29 is 34.2 Å². The third-order valence-corrected chi connectivity index (χ3v) is 6.29. The van der Waals surface area contributed by atoms with Crippen molar-refractivity contribution in [3.8, 4) is 0 Å². The molecule has 0 unspecified atom stereocenters. The summed E-state index contributed by atoms with van der Waals surface area (Å²) >= 11 is 0. The minimum Gasteiger partial charge on any atom is -0.481 e. The van der Waals surface area contributed by atoms with Crippen LogP contribution in [0.4, 0.5) is 0 Å². The molecule has 0 radical (unpaired) electrons. The molecule has 0 bridgehead atoms. The fourth-order valence-electron chi connectivity index (χ4n) is 4.40. The van der Waals surface area contributed by atoms with E-state index in [2.05, 4.69) is 10.6 Å². The third kappa shape index (κ3) is 7.51. The number of unbranched alkanes of at least 4 members (excludes halogenated alkanes) is 1. The number of carboxylic acid groups (broad SMARTS) is 2. The monoisotopic (exact) mass is 490 g/mol. The molecule has 0 aromatic heterocycles. The Kier molecular flexibility index (Phi) is 10.2. The zero-order valence-electron chi connectivity index (χ0n) is 19.9. The molecule has 1 aromatic rings. The Labute approximate surface area is 204 Å². The molecule has 3 amide bonds. The lowest BCUT2D eigenvalue weighted by Gasteiger charge is -2.42. The highest BCUT2D eigenvalue weighted by Gasteiger charge is 2.45. The van der Waals surface area contributed by atoms with E-state index in [-0.39, 0.29) is 37.7 Å². The summed E-state index contributed by atoms with van der Waals surface area (Å²) in [6, 6.07) is 6.57. The number of rotatable bonds is 12. The summed E-state index contributed by atoms with van der Waals surface area (Å²) in [5.74, 6) is -3.93. The van der Waals surface area contributed by atoms with Crippen LogP contribution in [-0.4, -0.2) is 76.5 Å². The van der Waals surface area contributed by atoms with Crippen molar-refractivity contribution in [3.05, 3.63) is 35.9 Å². The predicted octanol–water partition coefficient (Wildman–Crippen LogP) is 0.225. The van der Waals surface area contributed by atoms with E-state index in [0.717, 1.165) is 6.42 Å². The Morgan fingerprint density at radius 1 is 1.00 bits per heavy atom. The van der Waals surface area contributed by atoms with E-state index in [4.69, 9.17) is 10.8 Å². The Morgan fingerprint density at radius 2 is 1.63 bits per heavy atom. The highest BCUT2D eigenvalue weighted by Crippen LogP contribution is 2.36. The molecule has 2 atom stereocenters. The maximum Gasteiger partial charge on any atom is 0.326 e. The van der Waals surface area contributed by atoms with E-state index in [1.807, 2.05) is 0 Å². The summed E-state index contributed by atoms with van der Waals surface area (Å²) in [6.07, 6.45) is 1.52. The van der Waals surface area contributed by atoms with Gasteiger partial charge in [0.25, 0.3) is 0 Å². The molecule has 0 aliphatic carbocycles. The largest absolute Gasteiger partial charge is 0.481 e. The Bertz CT molecular complexity index is 914. The summed E-state index contributed by atoms with van der Waals surface area (Å²) in [6.45, 7) is 2.26. The van der Waals surface area contributed by atoms with E-state index in [1.54, 1.807) is 35.2 Å². The number of nitrogens with one attached hydrogen (secondary N) is 2. The van der Waals surface area contributed by atoms with Gasteiger partial charge in [-0.05, 0) is 44.2 Å². The van der Waals surface area contributed by atoms with Gasteiger partial charge in [0.15, 0.2) is 0 Å². The van der Waals surface area contributed by atoms with Gasteiger partial charge < -0.3 is 31.5 Å². The Morgan fingerprint density at radius 3 is 2.14 bits per heavy atom. The van der Waals surface area contributed by atoms with E-state index >= 15 is 0 Å². The number of nitrogens with zero attached hydrogens (tertiary/aromatic N) is 1. The molecule has 6 N–H and O–H groups in total. The van der Waals surface area contributed by atoms with Gasteiger partial charge in [0.2, 0.25) is 17.7 Å². The van der Waals surface area contributed by atoms with Gasteiger partial charge in [-0.3, -0.25) is 19.2 Å². The number of benzene rings is 1. The first kappa shape index (κ1) is 27.8. The van der Waals surface area contributed by atoms with Crippen molar-refractivity contribution in [2.24, 2.45) is 5.73 Å². The first-order valence-electron chi connectivity index (χ1n) is 11.7. The maximum atomic E-state index is 13.4. The molecule has 11 heteroatoms. The molecule has 1 aliphatic heterocycles. The van der Waals surface area contributed by atoms with Crippen molar-refractivity contribution >= 4 is 29.7 Å². The maximum absolute atomic E-state index is 13.4. The molecular weight excluding hydrogens is 456 g/mol. The molecule has 1 aliphatic rings. The van der Waals surface area contributed by atoms with Crippen LogP contribution in [0.25, 0.3) is 0 Å². The van der Waals surface area contributed by atoms with Gasteiger partial charge in [0.05, 0.1) is 11.8 Å². The molecule has 0 saturated carbocycles. The molecule has 11 nitrogen and oxygen atoms in total. The van der Waals surface area contributed by atoms with Gasteiger partial charge in [0, 0.05) is 20.0 Å². The number of hydrogen-bond donors (Lipinski definition) is 5. The minimum absolute atomic E-state index is 0.212. The molecule has 0 spiro atoms. The van der Waals surface area contributed by atoms with Gasteiger partial charge in [-0.1, -0.05) is 30.3 Å². The van der Waals surface area contributed by atoms with Crippen molar-refractivity contribution in [1.82, 2.24) is 15.5 Å². The first-order valence-corrected chi connectivity index (χ1v) is 11.7. The summed E-state index contributed by atoms with van der Waals surface area (Å²) in [7, 11) is 0. The smallest absolute Gasteiger partial charge is 0.326 e. The summed E-state index contributed by atoms with van der Waals surface area (Å²) in [5, 5.41) is 23.5. The van der Waals surface area contributed by atoms with Crippen LogP contribution in [0.3, 0.4) is 0 Å². The van der Waals surface area contributed by atoms with Crippen LogP contribution >= 0.6 is 0 Å². The number of amides is 3. The van der Waals surface area contributed by atoms with Crippen molar-refractivity contribution in [2.45, 2.75) is 62.9 Å². The van der Waals surface area contributed by atoms with Crippen LogP contribution in [0, 0.1) is 0 Å². The van der Waals surface area contributed by atoms with E-state index in [9.17, 15) is 29.1 Å². The normalized spacial score (nSPS) is 16.6. The molecule has 1 aromatic carbocycles. The molecule has 35 heavy (non-hydrogen) atoms. The molecule has 1 heterocycles. The number of aliphatic carboxylic acids is 2. The number of hydrogen-bond acceptors (Lipinski definition) is 6. The van der Waals surface area contributed by atoms with Gasteiger partial charge in [-0.25, -0.2) is 4.79 Å². The molecule has 192 valence electrons. The SMILES string of the molecule is CC(=O)N[C@H](CCCCN)C(=O)N1CCC(C(=O)N[C@@H](CC(=O)O)C(=O)O)(c2ccccc2)CC1. The van der Waals surface area contributed by atoms with E-state index < -0.39 is 41.8 Å². The van der Waals surface area contributed by atoms with Gasteiger partial charge in [-0.2, -0.15) is 0 Å². The summed E-state index contributed by atoms with van der Waals surface area (Å²) < 4.78 is 0. The number of carbonyl (C=O) groups excluding carboxylic acids is 3. The van der Waals surface area contributed by atoms with Crippen LogP contribution in [0.2, 0.25) is 0 Å². The van der Waals surface area contributed by atoms with E-state index in [0.29, 0.717) is 24.9 Å². The minimum atomic E-state index is -1.58. The van der Waals surface area contributed by atoms with E-state index in [1.165, 1.54) is 6.92 Å². The molecule has 1 fully saturated rings. The average molecular weight is 491 g/mol. The fraction of sp³-hybridized carbons (Fsp3) is 0.542. The van der Waals surface area contributed by atoms with Gasteiger partial charge in [-0.15, -0.1) is 0 Å². The molecule has 1 saturated heterocycles. The lowest BCUT2D eigenvalue weighted by Crippen LogP contribution is -2.58. The fourth-order valence-corrected chi connectivity index (χ4v) is 4.40. The number of carboxylic acids is 2. The summed E-state index contributed by atoms with van der Waals surface area (Å²) in [5.41, 5.74) is 5.06. The Balaban J connectivity index is 2.23.